The van der Waals surface area contributed by atoms with Gasteiger partial charge in [-0.25, -0.2) is 19.5 Å². The molecule has 1 aromatic carbocycles. The second kappa shape index (κ2) is 8.01. The second-order valence-electron chi connectivity index (χ2n) is 8.05. The molecule has 0 saturated carbocycles. The van der Waals surface area contributed by atoms with E-state index >= 15 is 0 Å². The van der Waals surface area contributed by atoms with E-state index in [1.165, 1.54) is 11.1 Å². The number of hydrogen-bond acceptors (Lipinski definition) is 7. The first-order valence-electron chi connectivity index (χ1n) is 10.5. The van der Waals surface area contributed by atoms with Crippen molar-refractivity contribution < 1.29 is 19.5 Å². The third-order valence-electron chi connectivity index (χ3n) is 6.03. The van der Waals surface area contributed by atoms with Crippen LogP contribution in [0.15, 0.2) is 48.7 Å². The van der Waals surface area contributed by atoms with Crippen LogP contribution in [0, 0.1) is 5.92 Å². The zero-order chi connectivity index (χ0) is 23.1. The van der Waals surface area contributed by atoms with Gasteiger partial charge in [0.15, 0.2) is 17.7 Å². The second-order valence-corrected chi connectivity index (χ2v) is 8.05. The number of aromatic nitrogens is 4. The Morgan fingerprint density at radius 2 is 1.91 bits per heavy atom. The van der Waals surface area contributed by atoms with Gasteiger partial charge in [0, 0.05) is 24.8 Å². The SMILES string of the molecule is Nc1cc(C[C@H]2C(=O)N(C(=O)N3CCn4c(nnc4-c4ccccc4)C3)[C@@H]2C(=O)O)ccn1. The Morgan fingerprint density at radius 3 is 2.64 bits per heavy atom. The molecule has 1 saturated heterocycles. The number of pyridine rings is 1. The number of carbonyl (C=O) groups excluding carboxylic acids is 2. The molecule has 11 heteroatoms. The van der Waals surface area contributed by atoms with Crippen molar-refractivity contribution in [3.8, 4) is 11.4 Å². The number of carbonyl (C=O) groups is 3. The van der Waals surface area contributed by atoms with Crippen LogP contribution in [0.5, 0.6) is 0 Å². The fourth-order valence-electron chi connectivity index (χ4n) is 4.39. The van der Waals surface area contributed by atoms with Gasteiger partial charge in [-0.3, -0.25) is 4.79 Å². The lowest BCUT2D eigenvalue weighted by Gasteiger charge is -2.45. The van der Waals surface area contributed by atoms with E-state index in [-0.39, 0.29) is 18.8 Å². The van der Waals surface area contributed by atoms with E-state index in [9.17, 15) is 19.5 Å². The van der Waals surface area contributed by atoms with Crippen LogP contribution in [0.2, 0.25) is 0 Å². The number of nitrogens with zero attached hydrogens (tertiary/aromatic N) is 6. The standard InChI is InChI=1S/C22H21N7O4/c23-16-11-13(6-7-24-16)10-15-18(21(31)32)29(20(15)30)22(33)27-8-9-28-17(12-27)25-26-19(28)14-4-2-1-3-5-14/h1-7,11,15,18H,8-10,12H2,(H2,23,24)(H,31,32)/t15-,18+/m1/s1. The maximum absolute atomic E-state index is 13.1. The predicted molar refractivity (Wildman–Crippen MR) is 115 cm³/mol. The fourth-order valence-corrected chi connectivity index (χ4v) is 4.39. The highest BCUT2D eigenvalue weighted by molar-refractivity contribution is 6.07. The largest absolute Gasteiger partial charge is 0.480 e. The molecule has 2 aliphatic rings. The molecule has 3 amide bonds. The van der Waals surface area contributed by atoms with E-state index in [0.29, 0.717) is 30.3 Å². The van der Waals surface area contributed by atoms with E-state index in [4.69, 9.17) is 5.73 Å². The van der Waals surface area contributed by atoms with Crippen LogP contribution in [0.1, 0.15) is 11.4 Å². The average molecular weight is 447 g/mol. The van der Waals surface area contributed by atoms with Gasteiger partial charge in [0.05, 0.1) is 12.5 Å². The first-order chi connectivity index (χ1) is 15.9. The number of fused-ring (bicyclic) bond motifs is 1. The van der Waals surface area contributed by atoms with Crippen molar-refractivity contribution in [2.45, 2.75) is 25.6 Å². The van der Waals surface area contributed by atoms with Crippen LogP contribution in [-0.2, 0) is 29.1 Å². The molecular weight excluding hydrogens is 426 g/mol. The number of nitrogens with two attached hydrogens (primary N) is 1. The van der Waals surface area contributed by atoms with Gasteiger partial charge in [0.1, 0.15) is 5.82 Å². The minimum absolute atomic E-state index is 0.139. The maximum atomic E-state index is 13.1. The lowest BCUT2D eigenvalue weighted by atomic mass is 9.82. The summed E-state index contributed by atoms with van der Waals surface area (Å²) < 4.78 is 1.93. The molecular formula is C22H21N7O4. The van der Waals surface area contributed by atoms with Crippen molar-refractivity contribution in [2.24, 2.45) is 5.92 Å². The molecule has 1 fully saturated rings. The lowest BCUT2D eigenvalue weighted by molar-refractivity contribution is -0.166. The van der Waals surface area contributed by atoms with Gasteiger partial charge >= 0.3 is 12.0 Å². The van der Waals surface area contributed by atoms with Crippen molar-refractivity contribution in [3.05, 3.63) is 60.0 Å². The monoisotopic (exact) mass is 447 g/mol. The molecule has 33 heavy (non-hydrogen) atoms. The van der Waals surface area contributed by atoms with Crippen LogP contribution in [0.3, 0.4) is 0 Å². The summed E-state index contributed by atoms with van der Waals surface area (Å²) in [7, 11) is 0. The number of amides is 3. The Bertz CT molecular complexity index is 1240. The highest BCUT2D eigenvalue weighted by Crippen LogP contribution is 2.32. The molecule has 4 heterocycles. The smallest absolute Gasteiger partial charge is 0.328 e. The van der Waals surface area contributed by atoms with Crippen molar-refractivity contribution in [2.75, 3.05) is 12.3 Å². The number of carboxylic acids is 1. The molecule has 2 atom stereocenters. The summed E-state index contributed by atoms with van der Waals surface area (Å²) in [6.07, 6.45) is 1.67. The van der Waals surface area contributed by atoms with Crippen LogP contribution in [0.25, 0.3) is 11.4 Å². The normalized spacial score (nSPS) is 19.7. The number of rotatable bonds is 4. The Hall–Kier alpha value is -4.28. The average Bonchev–Trinajstić information content (AvgIpc) is 3.24. The number of anilines is 1. The van der Waals surface area contributed by atoms with Gasteiger partial charge in [-0.15, -0.1) is 10.2 Å². The molecule has 168 valence electrons. The molecule has 0 aliphatic carbocycles. The zero-order valence-corrected chi connectivity index (χ0v) is 17.5. The molecule has 0 bridgehead atoms. The van der Waals surface area contributed by atoms with Gasteiger partial charge < -0.3 is 20.3 Å². The first kappa shape index (κ1) is 20.6. The summed E-state index contributed by atoms with van der Waals surface area (Å²) in [5, 5.41) is 18.2. The highest BCUT2D eigenvalue weighted by Gasteiger charge is 2.55. The van der Waals surface area contributed by atoms with Crippen LogP contribution in [0.4, 0.5) is 10.6 Å². The molecule has 3 aromatic rings. The minimum Gasteiger partial charge on any atom is -0.480 e. The third-order valence-corrected chi connectivity index (χ3v) is 6.03. The third kappa shape index (κ3) is 3.56. The molecule has 0 unspecified atom stereocenters. The maximum Gasteiger partial charge on any atom is 0.328 e. The molecule has 5 rings (SSSR count). The van der Waals surface area contributed by atoms with Crippen LogP contribution >= 0.6 is 0 Å². The summed E-state index contributed by atoms with van der Waals surface area (Å²) in [4.78, 5) is 44.0. The summed E-state index contributed by atoms with van der Waals surface area (Å²) in [6, 6.07) is 11.0. The molecule has 0 radical (unpaired) electrons. The summed E-state index contributed by atoms with van der Waals surface area (Å²) in [5.41, 5.74) is 7.29. The number of nitrogen functional groups attached to an aromatic ring is 1. The summed E-state index contributed by atoms with van der Waals surface area (Å²) >= 11 is 0. The molecule has 11 nitrogen and oxygen atoms in total. The lowest BCUT2D eigenvalue weighted by Crippen LogP contribution is -2.69. The predicted octanol–water partition coefficient (Wildman–Crippen LogP) is 1.01. The van der Waals surface area contributed by atoms with Crippen LogP contribution < -0.4 is 5.73 Å². The summed E-state index contributed by atoms with van der Waals surface area (Å²) in [6.45, 7) is 0.892. The topological polar surface area (TPSA) is 148 Å². The first-order valence-corrected chi connectivity index (χ1v) is 10.5. The molecule has 2 aromatic heterocycles. The van der Waals surface area contributed by atoms with Gasteiger partial charge in [-0.1, -0.05) is 30.3 Å². The van der Waals surface area contributed by atoms with E-state index in [1.807, 2.05) is 34.9 Å². The number of imide groups is 1. The number of carboxylic acid groups (broad SMARTS) is 1. The van der Waals surface area contributed by atoms with E-state index in [2.05, 4.69) is 15.2 Å². The van der Waals surface area contributed by atoms with Gasteiger partial charge in [-0.2, -0.15) is 0 Å². The van der Waals surface area contributed by atoms with Gasteiger partial charge in [-0.05, 0) is 24.1 Å². The molecule has 2 aliphatic heterocycles. The quantitative estimate of drug-likeness (QED) is 0.563. The van der Waals surface area contributed by atoms with Crippen molar-refractivity contribution in [1.29, 1.82) is 0 Å². The van der Waals surface area contributed by atoms with Gasteiger partial charge in [0.25, 0.3) is 0 Å². The minimum atomic E-state index is -1.24. The van der Waals surface area contributed by atoms with Crippen molar-refractivity contribution in [1.82, 2.24) is 29.5 Å². The number of β-lactam (4-membered cyclic amide) rings is 1. The number of likely N-dealkylation sites (tertiary alicyclic amines) is 1. The Labute approximate surface area is 188 Å². The van der Waals surface area contributed by atoms with Crippen molar-refractivity contribution >= 4 is 23.7 Å². The van der Waals surface area contributed by atoms with E-state index in [0.717, 1.165) is 10.5 Å². The van der Waals surface area contributed by atoms with E-state index < -0.39 is 29.9 Å². The number of hydrogen-bond donors (Lipinski definition) is 2. The Kier molecular flexibility index (Phi) is 5.00. The molecule has 0 spiro atoms. The number of aliphatic carboxylic acids is 1. The zero-order valence-electron chi connectivity index (χ0n) is 17.5. The molecule has 3 N–H and O–H groups in total. The number of benzene rings is 1. The van der Waals surface area contributed by atoms with Crippen LogP contribution in [-0.4, -0.2) is 65.1 Å². The number of urea groups is 1. The summed E-state index contributed by atoms with van der Waals surface area (Å²) in [5.74, 6) is -1.01. The Morgan fingerprint density at radius 1 is 1.12 bits per heavy atom. The van der Waals surface area contributed by atoms with E-state index in [1.54, 1.807) is 12.1 Å². The fraction of sp³-hybridized carbons (Fsp3) is 0.273. The highest BCUT2D eigenvalue weighted by atomic mass is 16.4. The van der Waals surface area contributed by atoms with Crippen molar-refractivity contribution in [3.63, 3.8) is 0 Å². The van der Waals surface area contributed by atoms with Gasteiger partial charge in [0.2, 0.25) is 5.91 Å². The Balaban J connectivity index is 1.32.